The zero-order valence-corrected chi connectivity index (χ0v) is 19.9. The third kappa shape index (κ3) is 4.49. The molecule has 1 atom stereocenters. The van der Waals surface area contributed by atoms with Gasteiger partial charge in [-0.1, -0.05) is 60.3 Å². The molecule has 0 fully saturated rings. The van der Waals surface area contributed by atoms with Crippen LogP contribution in [0.15, 0.2) is 98.6 Å². The second kappa shape index (κ2) is 10.00. The molecule has 34 heavy (non-hydrogen) atoms. The molecule has 4 aromatic rings. The van der Waals surface area contributed by atoms with Crippen LogP contribution in [0, 0.1) is 11.3 Å². The van der Waals surface area contributed by atoms with Gasteiger partial charge in [-0.25, -0.2) is 4.98 Å². The summed E-state index contributed by atoms with van der Waals surface area (Å²) in [4.78, 5) is 5.99. The van der Waals surface area contributed by atoms with Crippen molar-refractivity contribution in [1.82, 2.24) is 4.98 Å². The molecule has 0 aliphatic carbocycles. The molecule has 166 valence electrons. The summed E-state index contributed by atoms with van der Waals surface area (Å²) in [6, 6.07) is 26.3. The number of ether oxygens (including phenoxy) is 1. The number of hydrogen-bond acceptors (Lipinski definition) is 8. The number of pyridine rings is 1. The minimum absolute atomic E-state index is 0.155. The summed E-state index contributed by atoms with van der Waals surface area (Å²) in [5.41, 5.74) is 5.03. The van der Waals surface area contributed by atoms with Gasteiger partial charge in [-0.3, -0.25) is 0 Å². The van der Waals surface area contributed by atoms with Crippen molar-refractivity contribution in [3.8, 4) is 33.5 Å². The molecule has 0 N–H and O–H groups in total. The van der Waals surface area contributed by atoms with E-state index in [1.54, 1.807) is 18.4 Å². The van der Waals surface area contributed by atoms with E-state index in [4.69, 9.17) is 9.72 Å². The van der Waals surface area contributed by atoms with Gasteiger partial charge in [0.05, 0.1) is 34.2 Å². The maximum atomic E-state index is 10.2. The highest BCUT2D eigenvalue weighted by Crippen LogP contribution is 2.42. The minimum Gasteiger partial charge on any atom is -0.497 e. The average Bonchev–Trinajstić information content (AvgIpc) is 3.62. The molecule has 0 saturated heterocycles. The monoisotopic (exact) mass is 481 g/mol. The van der Waals surface area contributed by atoms with E-state index in [0.717, 1.165) is 38.7 Å². The van der Waals surface area contributed by atoms with Crippen molar-refractivity contribution in [2.45, 2.75) is 10.3 Å². The molecule has 0 bridgehead atoms. The molecular formula is C26H19N5OS2. The van der Waals surface area contributed by atoms with Crippen LogP contribution >= 0.6 is 23.1 Å². The van der Waals surface area contributed by atoms with Crippen LogP contribution in [0.25, 0.3) is 21.7 Å². The summed E-state index contributed by atoms with van der Waals surface area (Å²) in [5.74, 6) is 0.764. The van der Waals surface area contributed by atoms with Crippen molar-refractivity contribution >= 4 is 28.8 Å². The molecule has 0 amide bonds. The Hall–Kier alpha value is -3.80. The number of methoxy groups -OCH3 is 1. The summed E-state index contributed by atoms with van der Waals surface area (Å²) in [6.07, 6.45) is 0. The fraction of sp³-hybridized carbons (Fsp3) is 0.115. The Bertz CT molecular complexity index is 1390. The molecule has 2 aromatic heterocycles. The Morgan fingerprint density at radius 1 is 1.06 bits per heavy atom. The number of thiophene rings is 1. The van der Waals surface area contributed by atoms with Gasteiger partial charge in [0.2, 0.25) is 0 Å². The highest BCUT2D eigenvalue weighted by Gasteiger charge is 2.26. The molecule has 0 saturated carbocycles. The van der Waals surface area contributed by atoms with E-state index in [9.17, 15) is 5.26 Å². The number of thioether (sulfide) groups is 1. The van der Waals surface area contributed by atoms with Crippen molar-refractivity contribution in [3.05, 3.63) is 89.3 Å². The molecule has 3 heterocycles. The van der Waals surface area contributed by atoms with Gasteiger partial charge >= 0.3 is 0 Å². The van der Waals surface area contributed by atoms with Gasteiger partial charge in [0, 0.05) is 5.56 Å². The van der Waals surface area contributed by atoms with Crippen LogP contribution in [0.5, 0.6) is 5.75 Å². The van der Waals surface area contributed by atoms with Crippen LogP contribution in [0.1, 0.15) is 16.4 Å². The summed E-state index contributed by atoms with van der Waals surface area (Å²) in [6.45, 7) is 0.435. The SMILES string of the molecule is COc1ccc(-c2cc(-c3cccs3)nc(SC(C3=NN=NC3)c3ccccc3)c2C#N)cc1. The number of aromatic nitrogens is 1. The topological polar surface area (TPSA) is 83.0 Å². The van der Waals surface area contributed by atoms with Gasteiger partial charge in [-0.2, -0.15) is 10.4 Å². The first-order valence-electron chi connectivity index (χ1n) is 10.5. The van der Waals surface area contributed by atoms with E-state index < -0.39 is 0 Å². The lowest BCUT2D eigenvalue weighted by Crippen LogP contribution is -2.11. The Balaban J connectivity index is 1.65. The normalized spacial score (nSPS) is 13.4. The van der Waals surface area contributed by atoms with Gasteiger partial charge in [-0.15, -0.1) is 16.4 Å². The molecule has 0 radical (unpaired) electrons. The summed E-state index contributed by atoms with van der Waals surface area (Å²) < 4.78 is 5.32. The fourth-order valence-electron chi connectivity index (χ4n) is 3.69. The molecule has 0 spiro atoms. The van der Waals surface area contributed by atoms with Gasteiger partial charge in [0.15, 0.2) is 0 Å². The summed E-state index contributed by atoms with van der Waals surface area (Å²) >= 11 is 3.13. The molecule has 8 heteroatoms. The first-order chi connectivity index (χ1) is 16.8. The van der Waals surface area contributed by atoms with Crippen LogP contribution < -0.4 is 4.74 Å². The fourth-order valence-corrected chi connectivity index (χ4v) is 5.58. The smallest absolute Gasteiger partial charge is 0.118 e. The van der Waals surface area contributed by atoms with E-state index >= 15 is 0 Å². The van der Waals surface area contributed by atoms with Gasteiger partial charge in [0.25, 0.3) is 0 Å². The summed E-state index contributed by atoms with van der Waals surface area (Å²) in [7, 11) is 1.64. The first-order valence-corrected chi connectivity index (χ1v) is 12.3. The van der Waals surface area contributed by atoms with Crippen molar-refractivity contribution in [1.29, 1.82) is 5.26 Å². The zero-order valence-electron chi connectivity index (χ0n) is 18.3. The van der Waals surface area contributed by atoms with E-state index in [1.165, 1.54) is 11.8 Å². The predicted molar refractivity (Wildman–Crippen MR) is 136 cm³/mol. The lowest BCUT2D eigenvalue weighted by molar-refractivity contribution is 0.415. The lowest BCUT2D eigenvalue weighted by atomic mass is 10.0. The molecule has 5 rings (SSSR count). The van der Waals surface area contributed by atoms with Crippen molar-refractivity contribution in [2.75, 3.05) is 13.7 Å². The largest absolute Gasteiger partial charge is 0.497 e. The van der Waals surface area contributed by atoms with Crippen LogP contribution in [-0.2, 0) is 0 Å². The molecule has 1 aliphatic rings. The van der Waals surface area contributed by atoms with Crippen molar-refractivity contribution in [3.63, 3.8) is 0 Å². The number of benzene rings is 2. The van der Waals surface area contributed by atoms with E-state index in [-0.39, 0.29) is 5.25 Å². The minimum atomic E-state index is -0.155. The van der Waals surface area contributed by atoms with Crippen LogP contribution in [0.4, 0.5) is 0 Å². The van der Waals surface area contributed by atoms with Gasteiger partial charge < -0.3 is 4.74 Å². The van der Waals surface area contributed by atoms with Gasteiger partial charge in [-0.05, 0) is 46.0 Å². The highest BCUT2D eigenvalue weighted by molar-refractivity contribution is 8.00. The maximum absolute atomic E-state index is 10.2. The van der Waals surface area contributed by atoms with Crippen LogP contribution in [-0.4, -0.2) is 24.4 Å². The number of nitriles is 1. The third-order valence-corrected chi connectivity index (χ3v) is 7.57. The lowest BCUT2D eigenvalue weighted by Gasteiger charge is -2.18. The standard InChI is InChI=1S/C26H19N5OS2/c1-32-19-11-9-17(10-12-19)20-14-22(24-8-5-13-33-24)29-26(21(20)15-27)34-25(23-16-28-31-30-23)18-6-3-2-4-7-18/h2-14,25H,16H2,1H3. The Labute approximate surface area is 205 Å². The van der Waals surface area contributed by atoms with Crippen LogP contribution in [0.3, 0.4) is 0 Å². The zero-order chi connectivity index (χ0) is 23.3. The average molecular weight is 482 g/mol. The van der Waals surface area contributed by atoms with Crippen molar-refractivity contribution in [2.24, 2.45) is 15.4 Å². The number of rotatable bonds is 7. The van der Waals surface area contributed by atoms with Crippen LogP contribution in [0.2, 0.25) is 0 Å². The van der Waals surface area contributed by atoms with E-state index in [0.29, 0.717) is 17.1 Å². The first kappa shape index (κ1) is 22.0. The second-order valence-electron chi connectivity index (χ2n) is 7.44. The Morgan fingerprint density at radius 3 is 2.53 bits per heavy atom. The molecule has 1 unspecified atom stereocenters. The van der Waals surface area contributed by atoms with E-state index in [1.807, 2.05) is 66.0 Å². The summed E-state index contributed by atoms with van der Waals surface area (Å²) in [5, 5.41) is 24.9. The quantitative estimate of drug-likeness (QED) is 0.266. The van der Waals surface area contributed by atoms with Gasteiger partial charge in [0.1, 0.15) is 23.4 Å². The predicted octanol–water partition coefficient (Wildman–Crippen LogP) is 7.01. The van der Waals surface area contributed by atoms with E-state index in [2.05, 4.69) is 33.6 Å². The number of nitrogens with zero attached hydrogens (tertiary/aromatic N) is 5. The second-order valence-corrected chi connectivity index (χ2v) is 9.48. The highest BCUT2D eigenvalue weighted by atomic mass is 32.2. The third-order valence-electron chi connectivity index (χ3n) is 5.38. The molecule has 2 aromatic carbocycles. The Morgan fingerprint density at radius 2 is 1.88 bits per heavy atom. The van der Waals surface area contributed by atoms with Crippen molar-refractivity contribution < 1.29 is 4.74 Å². The molecular weight excluding hydrogens is 462 g/mol. The maximum Gasteiger partial charge on any atom is 0.118 e. The Kier molecular flexibility index (Phi) is 6.47. The molecule has 1 aliphatic heterocycles. The molecule has 6 nitrogen and oxygen atoms in total. The number of hydrogen-bond donors (Lipinski definition) is 0.